The van der Waals surface area contributed by atoms with E-state index in [0.29, 0.717) is 5.41 Å². The summed E-state index contributed by atoms with van der Waals surface area (Å²) in [5.41, 5.74) is 6.30. The molecule has 0 nitrogen and oxygen atoms in total. The number of aryl methyl sites for hydroxylation is 1. The lowest BCUT2D eigenvalue weighted by Gasteiger charge is -2.38. The number of benzene rings is 1. The molecule has 0 saturated carbocycles. The summed E-state index contributed by atoms with van der Waals surface area (Å²) in [5, 5.41) is 0. The standard InChI is InChI=1S/C11H14/c1-7-5-9-6-10(8(7)2)11(9,3)4/h5-6H,1-4H3. The molecule has 0 aromatic heterocycles. The molecular formula is C11H14. The van der Waals surface area contributed by atoms with Crippen LogP contribution in [0.5, 0.6) is 0 Å². The van der Waals surface area contributed by atoms with Gasteiger partial charge in [0.05, 0.1) is 0 Å². The Hall–Kier alpha value is -0.780. The van der Waals surface area contributed by atoms with E-state index in [4.69, 9.17) is 0 Å². The Bertz CT molecular complexity index is 319. The molecule has 1 aromatic carbocycles. The maximum Gasteiger partial charge on any atom is 0.0149 e. The molecule has 0 fully saturated rings. The van der Waals surface area contributed by atoms with Gasteiger partial charge in [0.15, 0.2) is 0 Å². The quantitative estimate of drug-likeness (QED) is 0.528. The van der Waals surface area contributed by atoms with Gasteiger partial charge in [0.1, 0.15) is 0 Å². The molecule has 1 aromatic rings. The van der Waals surface area contributed by atoms with Crippen LogP contribution in [0.25, 0.3) is 0 Å². The molecule has 0 spiro atoms. The summed E-state index contributed by atoms with van der Waals surface area (Å²) < 4.78 is 0. The second kappa shape index (κ2) is 1.69. The molecule has 11 heavy (non-hydrogen) atoms. The third kappa shape index (κ3) is 0.649. The van der Waals surface area contributed by atoms with Gasteiger partial charge in [0.25, 0.3) is 0 Å². The van der Waals surface area contributed by atoms with Crippen LogP contribution >= 0.6 is 0 Å². The van der Waals surface area contributed by atoms with Gasteiger partial charge in [-0.25, -0.2) is 0 Å². The average Bonchev–Trinajstić information content (AvgIpc) is 1.93. The summed E-state index contributed by atoms with van der Waals surface area (Å²) in [5.74, 6) is 0. The zero-order valence-electron chi connectivity index (χ0n) is 7.65. The van der Waals surface area contributed by atoms with Crippen molar-refractivity contribution in [1.82, 2.24) is 0 Å². The molecule has 0 unspecified atom stereocenters. The van der Waals surface area contributed by atoms with Crippen LogP contribution in [0, 0.1) is 13.8 Å². The van der Waals surface area contributed by atoms with Gasteiger partial charge in [0, 0.05) is 5.41 Å². The predicted octanol–water partition coefficient (Wildman–Crippen LogP) is 2.94. The van der Waals surface area contributed by atoms with Gasteiger partial charge in [-0.3, -0.25) is 0 Å². The van der Waals surface area contributed by atoms with Crippen molar-refractivity contribution in [3.63, 3.8) is 0 Å². The van der Waals surface area contributed by atoms with Gasteiger partial charge in [-0.05, 0) is 36.1 Å². The first-order valence-electron chi connectivity index (χ1n) is 4.15. The zero-order valence-corrected chi connectivity index (χ0v) is 7.65. The monoisotopic (exact) mass is 146 g/mol. The van der Waals surface area contributed by atoms with Crippen LogP contribution in [0.4, 0.5) is 0 Å². The van der Waals surface area contributed by atoms with Crippen molar-refractivity contribution in [3.05, 3.63) is 34.4 Å². The highest BCUT2D eigenvalue weighted by atomic mass is 14.4. The van der Waals surface area contributed by atoms with E-state index in [9.17, 15) is 0 Å². The van der Waals surface area contributed by atoms with Crippen LogP contribution in [-0.4, -0.2) is 0 Å². The normalized spacial score (nSPS) is 17.8. The minimum Gasteiger partial charge on any atom is -0.0549 e. The molecule has 0 saturated heterocycles. The highest BCUT2D eigenvalue weighted by Gasteiger charge is 2.34. The minimum absolute atomic E-state index is 0.351. The number of rotatable bonds is 0. The Kier molecular flexibility index (Phi) is 1.06. The lowest BCUT2D eigenvalue weighted by atomic mass is 9.66. The molecule has 0 aliphatic heterocycles. The second-order valence-corrected chi connectivity index (χ2v) is 4.09. The summed E-state index contributed by atoms with van der Waals surface area (Å²) >= 11 is 0. The molecule has 0 amide bonds. The molecule has 0 atom stereocenters. The van der Waals surface area contributed by atoms with Crippen LogP contribution in [-0.2, 0) is 5.41 Å². The maximum atomic E-state index is 2.31. The Morgan fingerprint density at radius 1 is 1.09 bits per heavy atom. The fourth-order valence-corrected chi connectivity index (χ4v) is 1.95. The van der Waals surface area contributed by atoms with Crippen molar-refractivity contribution in [3.8, 4) is 0 Å². The van der Waals surface area contributed by atoms with E-state index in [1.54, 1.807) is 0 Å². The van der Waals surface area contributed by atoms with Crippen LogP contribution < -0.4 is 0 Å². The Morgan fingerprint density at radius 3 is 2.09 bits per heavy atom. The van der Waals surface area contributed by atoms with Crippen molar-refractivity contribution < 1.29 is 0 Å². The third-order valence-electron chi connectivity index (χ3n) is 3.06. The SMILES string of the molecule is Cc1cc2cc(c1C)C2(C)C. The van der Waals surface area contributed by atoms with E-state index in [2.05, 4.69) is 39.8 Å². The summed E-state index contributed by atoms with van der Waals surface area (Å²) in [6.45, 7) is 9.00. The molecule has 0 radical (unpaired) electrons. The summed E-state index contributed by atoms with van der Waals surface area (Å²) in [6, 6.07) is 4.62. The number of hydrogen-bond donors (Lipinski definition) is 0. The van der Waals surface area contributed by atoms with Gasteiger partial charge in [-0.1, -0.05) is 26.0 Å². The first kappa shape index (κ1) is 6.90. The summed E-state index contributed by atoms with van der Waals surface area (Å²) in [6.07, 6.45) is 0. The van der Waals surface area contributed by atoms with E-state index >= 15 is 0 Å². The van der Waals surface area contributed by atoms with Gasteiger partial charge in [0.2, 0.25) is 0 Å². The predicted molar refractivity (Wildman–Crippen MR) is 48.0 cm³/mol. The molecule has 58 valence electrons. The summed E-state index contributed by atoms with van der Waals surface area (Å²) in [4.78, 5) is 0. The van der Waals surface area contributed by atoms with Crippen molar-refractivity contribution in [2.24, 2.45) is 0 Å². The number of fused-ring (bicyclic) bond motifs is 2. The third-order valence-corrected chi connectivity index (χ3v) is 3.06. The molecule has 2 aliphatic rings. The first-order valence-corrected chi connectivity index (χ1v) is 4.15. The lowest BCUT2D eigenvalue weighted by Crippen LogP contribution is -2.29. The number of hydrogen-bond acceptors (Lipinski definition) is 0. The fourth-order valence-electron chi connectivity index (χ4n) is 1.95. The Labute approximate surface area is 68.3 Å². The van der Waals surface area contributed by atoms with E-state index in [0.717, 1.165) is 0 Å². The molecule has 2 aliphatic carbocycles. The molecule has 3 rings (SSSR count). The maximum absolute atomic E-state index is 2.31. The van der Waals surface area contributed by atoms with Gasteiger partial charge < -0.3 is 0 Å². The van der Waals surface area contributed by atoms with E-state index in [-0.39, 0.29) is 0 Å². The van der Waals surface area contributed by atoms with Crippen molar-refractivity contribution >= 4 is 0 Å². The molecule has 0 N–H and O–H groups in total. The van der Waals surface area contributed by atoms with Crippen LogP contribution in [0.15, 0.2) is 12.1 Å². The fraction of sp³-hybridized carbons (Fsp3) is 0.455. The van der Waals surface area contributed by atoms with Gasteiger partial charge >= 0.3 is 0 Å². The topological polar surface area (TPSA) is 0 Å². The first-order chi connectivity index (χ1) is 5.03. The van der Waals surface area contributed by atoms with Crippen molar-refractivity contribution in [2.75, 3.05) is 0 Å². The van der Waals surface area contributed by atoms with Crippen LogP contribution in [0.3, 0.4) is 0 Å². The Balaban J connectivity index is 2.69. The Morgan fingerprint density at radius 2 is 1.73 bits per heavy atom. The highest BCUT2D eigenvalue weighted by Crippen LogP contribution is 2.44. The van der Waals surface area contributed by atoms with Crippen molar-refractivity contribution in [2.45, 2.75) is 33.1 Å². The second-order valence-electron chi connectivity index (χ2n) is 4.09. The van der Waals surface area contributed by atoms with Gasteiger partial charge in [-0.15, -0.1) is 0 Å². The van der Waals surface area contributed by atoms with Gasteiger partial charge in [-0.2, -0.15) is 0 Å². The largest absolute Gasteiger partial charge is 0.0549 e. The smallest absolute Gasteiger partial charge is 0.0149 e. The van der Waals surface area contributed by atoms with Crippen molar-refractivity contribution in [1.29, 1.82) is 0 Å². The molecule has 0 heteroatoms. The summed E-state index contributed by atoms with van der Waals surface area (Å²) in [7, 11) is 0. The van der Waals surface area contributed by atoms with E-state index in [1.165, 1.54) is 22.3 Å². The molecule has 2 bridgehead atoms. The molecular weight excluding hydrogens is 132 g/mol. The van der Waals surface area contributed by atoms with Crippen LogP contribution in [0.2, 0.25) is 0 Å². The highest BCUT2D eigenvalue weighted by molar-refractivity contribution is 5.56. The minimum atomic E-state index is 0.351. The average molecular weight is 146 g/mol. The van der Waals surface area contributed by atoms with E-state index in [1.807, 2.05) is 0 Å². The zero-order chi connectivity index (χ0) is 8.22. The van der Waals surface area contributed by atoms with Crippen LogP contribution in [0.1, 0.15) is 36.1 Å². The molecule has 0 heterocycles. The lowest BCUT2D eigenvalue weighted by molar-refractivity contribution is 0.586. The van der Waals surface area contributed by atoms with E-state index < -0.39 is 0 Å².